The molecule has 0 unspecified atom stereocenters. The Hall–Kier alpha value is -1.32. The summed E-state index contributed by atoms with van der Waals surface area (Å²) in [6, 6.07) is 0. The van der Waals surface area contributed by atoms with E-state index >= 15 is 0 Å². The van der Waals surface area contributed by atoms with Gasteiger partial charge in [-0.3, -0.25) is 0 Å². The van der Waals surface area contributed by atoms with Gasteiger partial charge >= 0.3 is 11.9 Å². The molecule has 92 valence electrons. The monoisotopic (exact) mass is 228 g/mol. The summed E-state index contributed by atoms with van der Waals surface area (Å²) >= 11 is 0. The molecule has 0 aliphatic heterocycles. The molecule has 4 heteroatoms. The van der Waals surface area contributed by atoms with Crippen molar-refractivity contribution < 1.29 is 19.8 Å². The van der Waals surface area contributed by atoms with Crippen molar-refractivity contribution in [3.8, 4) is 0 Å². The predicted molar refractivity (Wildman–Crippen MR) is 61.2 cm³/mol. The van der Waals surface area contributed by atoms with E-state index in [4.69, 9.17) is 0 Å². The summed E-state index contributed by atoms with van der Waals surface area (Å²) in [5, 5.41) is 18.3. The van der Waals surface area contributed by atoms with Crippen LogP contribution in [0.5, 0.6) is 0 Å². The van der Waals surface area contributed by atoms with Crippen molar-refractivity contribution in [2.24, 2.45) is 10.8 Å². The first-order valence-electron chi connectivity index (χ1n) is 5.11. The third-order valence-corrected chi connectivity index (χ3v) is 2.18. The van der Waals surface area contributed by atoms with Crippen molar-refractivity contribution in [2.45, 2.75) is 41.5 Å². The highest BCUT2D eigenvalue weighted by Crippen LogP contribution is 2.36. The number of hydrogen-bond donors (Lipinski definition) is 2. The number of hydrogen-bond acceptors (Lipinski definition) is 2. The van der Waals surface area contributed by atoms with Crippen LogP contribution in [0.4, 0.5) is 0 Å². The van der Waals surface area contributed by atoms with Crippen LogP contribution in [0.15, 0.2) is 11.1 Å². The second kappa shape index (κ2) is 4.28. The fraction of sp³-hybridized carbons (Fsp3) is 0.667. The first-order valence-corrected chi connectivity index (χ1v) is 5.11. The van der Waals surface area contributed by atoms with Crippen molar-refractivity contribution in [1.29, 1.82) is 0 Å². The van der Waals surface area contributed by atoms with E-state index in [0.717, 1.165) is 0 Å². The Kier molecular flexibility index (Phi) is 3.92. The summed E-state index contributed by atoms with van der Waals surface area (Å²) in [5.74, 6) is -2.33. The normalized spacial score (nSPS) is 14.4. The third-order valence-electron chi connectivity index (χ3n) is 2.18. The Morgan fingerprint density at radius 3 is 0.938 bits per heavy atom. The lowest BCUT2D eigenvalue weighted by Gasteiger charge is -2.28. The maximum atomic E-state index is 11.2. The maximum absolute atomic E-state index is 11.2. The van der Waals surface area contributed by atoms with E-state index < -0.39 is 22.8 Å². The number of carboxylic acids is 2. The van der Waals surface area contributed by atoms with Gasteiger partial charge in [0.25, 0.3) is 0 Å². The zero-order valence-corrected chi connectivity index (χ0v) is 10.7. The topological polar surface area (TPSA) is 74.6 Å². The van der Waals surface area contributed by atoms with Crippen LogP contribution in [0.2, 0.25) is 0 Å². The summed E-state index contributed by atoms with van der Waals surface area (Å²) in [4.78, 5) is 22.4. The molecular weight excluding hydrogens is 208 g/mol. The number of carbonyl (C=O) groups is 2. The molecule has 4 nitrogen and oxygen atoms in total. The van der Waals surface area contributed by atoms with E-state index in [2.05, 4.69) is 0 Å². The average Bonchev–Trinajstić information content (AvgIpc) is 1.92. The molecule has 0 bridgehead atoms. The molecule has 0 saturated heterocycles. The van der Waals surface area contributed by atoms with Crippen LogP contribution < -0.4 is 0 Å². The van der Waals surface area contributed by atoms with Crippen molar-refractivity contribution in [2.75, 3.05) is 0 Å². The van der Waals surface area contributed by atoms with Gasteiger partial charge in [0.05, 0.1) is 11.1 Å². The minimum Gasteiger partial charge on any atom is -0.478 e. The van der Waals surface area contributed by atoms with Crippen molar-refractivity contribution in [3.05, 3.63) is 11.1 Å². The van der Waals surface area contributed by atoms with Gasteiger partial charge in [0.1, 0.15) is 0 Å². The summed E-state index contributed by atoms with van der Waals surface area (Å²) < 4.78 is 0. The lowest BCUT2D eigenvalue weighted by atomic mass is 9.75. The molecule has 0 amide bonds. The number of carboxylic acid groups (broad SMARTS) is 2. The molecule has 0 fully saturated rings. The molecule has 0 aromatic rings. The molecule has 0 atom stereocenters. The molecule has 0 spiro atoms. The van der Waals surface area contributed by atoms with E-state index in [9.17, 15) is 19.8 Å². The molecule has 0 aromatic carbocycles. The lowest BCUT2D eigenvalue weighted by Crippen LogP contribution is -2.29. The molecule has 0 heterocycles. The van der Waals surface area contributed by atoms with E-state index in [0.29, 0.717) is 0 Å². The molecule has 0 saturated carbocycles. The fourth-order valence-corrected chi connectivity index (χ4v) is 1.61. The van der Waals surface area contributed by atoms with Gasteiger partial charge in [0.15, 0.2) is 0 Å². The van der Waals surface area contributed by atoms with Gasteiger partial charge in [0.2, 0.25) is 0 Å². The molecule has 2 N–H and O–H groups in total. The van der Waals surface area contributed by atoms with Crippen LogP contribution in [0.1, 0.15) is 41.5 Å². The minimum absolute atomic E-state index is 0.0347. The third kappa shape index (κ3) is 3.36. The number of aliphatic carboxylic acids is 2. The standard InChI is InChI=1S/C12H20O4/c1-11(2,3)7(9(13)14)8(10(15)16)12(4,5)6/h1-6H3,(H,13,14)(H,15,16)/b8-7-. The quantitative estimate of drug-likeness (QED) is 0.712. The average molecular weight is 228 g/mol. The Balaban J connectivity index is 6.09. The largest absolute Gasteiger partial charge is 0.478 e. The number of rotatable bonds is 2. The smallest absolute Gasteiger partial charge is 0.332 e. The van der Waals surface area contributed by atoms with Gasteiger partial charge in [-0.25, -0.2) is 9.59 Å². The second-order valence-corrected chi connectivity index (χ2v) is 5.86. The summed E-state index contributed by atoms with van der Waals surface area (Å²) in [6.45, 7) is 10.2. The summed E-state index contributed by atoms with van der Waals surface area (Å²) in [7, 11) is 0. The van der Waals surface area contributed by atoms with E-state index in [1.165, 1.54) is 0 Å². The Morgan fingerprint density at radius 2 is 0.875 bits per heavy atom. The summed E-state index contributed by atoms with van der Waals surface area (Å²) in [5.41, 5.74) is -1.47. The maximum Gasteiger partial charge on any atom is 0.332 e. The molecule has 0 aliphatic carbocycles. The van der Waals surface area contributed by atoms with Crippen LogP contribution in [0, 0.1) is 10.8 Å². The zero-order valence-electron chi connectivity index (χ0n) is 10.7. The first kappa shape index (κ1) is 14.7. The van der Waals surface area contributed by atoms with Crippen LogP contribution >= 0.6 is 0 Å². The van der Waals surface area contributed by atoms with Gasteiger partial charge in [-0.15, -0.1) is 0 Å². The van der Waals surface area contributed by atoms with Crippen LogP contribution in [-0.2, 0) is 9.59 Å². The molecule has 0 rings (SSSR count). The molecule has 0 aromatic heterocycles. The van der Waals surface area contributed by atoms with Crippen LogP contribution in [0.25, 0.3) is 0 Å². The Labute approximate surface area is 96.0 Å². The SMILES string of the molecule is CC(C)(C)/C(C(=O)O)=C(/C(=O)O)C(C)(C)C. The Morgan fingerprint density at radius 1 is 0.688 bits per heavy atom. The van der Waals surface area contributed by atoms with E-state index in [-0.39, 0.29) is 11.1 Å². The fourth-order valence-electron chi connectivity index (χ4n) is 1.61. The van der Waals surface area contributed by atoms with Crippen molar-refractivity contribution in [1.82, 2.24) is 0 Å². The molecular formula is C12H20O4. The summed E-state index contributed by atoms with van der Waals surface area (Å²) in [6.07, 6.45) is 0. The van der Waals surface area contributed by atoms with Gasteiger partial charge in [0, 0.05) is 0 Å². The van der Waals surface area contributed by atoms with Gasteiger partial charge in [-0.2, -0.15) is 0 Å². The van der Waals surface area contributed by atoms with Gasteiger partial charge in [-0.05, 0) is 10.8 Å². The Bertz CT molecular complexity index is 303. The minimum atomic E-state index is -1.17. The van der Waals surface area contributed by atoms with Crippen LogP contribution in [-0.4, -0.2) is 22.2 Å². The lowest BCUT2D eigenvalue weighted by molar-refractivity contribution is -0.137. The highest BCUT2D eigenvalue weighted by atomic mass is 16.4. The van der Waals surface area contributed by atoms with Crippen LogP contribution in [0.3, 0.4) is 0 Å². The van der Waals surface area contributed by atoms with Crippen molar-refractivity contribution >= 4 is 11.9 Å². The van der Waals surface area contributed by atoms with Gasteiger partial charge < -0.3 is 10.2 Å². The highest BCUT2D eigenvalue weighted by Gasteiger charge is 2.36. The van der Waals surface area contributed by atoms with Crippen molar-refractivity contribution in [3.63, 3.8) is 0 Å². The molecule has 0 radical (unpaired) electrons. The van der Waals surface area contributed by atoms with Gasteiger partial charge in [-0.1, -0.05) is 41.5 Å². The first-order chi connectivity index (χ1) is 6.89. The second-order valence-electron chi connectivity index (χ2n) is 5.86. The zero-order chi connectivity index (χ0) is 13.3. The molecule has 0 aliphatic rings. The molecule has 16 heavy (non-hydrogen) atoms. The predicted octanol–water partition coefficient (Wildman–Crippen LogP) is 2.54. The highest BCUT2D eigenvalue weighted by molar-refractivity contribution is 6.00. The van der Waals surface area contributed by atoms with E-state index in [1.54, 1.807) is 41.5 Å². The van der Waals surface area contributed by atoms with E-state index in [1.807, 2.05) is 0 Å².